The third-order valence-corrected chi connectivity index (χ3v) is 7.17. The van der Waals surface area contributed by atoms with Gasteiger partial charge in [0.05, 0.1) is 12.0 Å². The van der Waals surface area contributed by atoms with Crippen molar-refractivity contribution in [3.63, 3.8) is 0 Å². The predicted octanol–water partition coefficient (Wildman–Crippen LogP) is 2.84. The van der Waals surface area contributed by atoms with Crippen LogP contribution in [-0.4, -0.2) is 39.7 Å². The molecule has 1 saturated carbocycles. The van der Waals surface area contributed by atoms with Crippen LogP contribution in [0.3, 0.4) is 0 Å². The molecule has 2 aliphatic carbocycles. The molecule has 1 aromatic rings. The molecular weight excluding hydrogens is 409 g/mol. The summed E-state index contributed by atoms with van der Waals surface area (Å²) in [6.45, 7) is 0. The first kappa shape index (κ1) is 21.9. The van der Waals surface area contributed by atoms with Crippen molar-refractivity contribution in [3.05, 3.63) is 23.3 Å². The van der Waals surface area contributed by atoms with Crippen molar-refractivity contribution >= 4 is 15.9 Å². The molecular formula is C19H25F3N2O4S. The number of methoxy groups -OCH3 is 1. The van der Waals surface area contributed by atoms with Crippen molar-refractivity contribution in [2.24, 2.45) is 0 Å². The van der Waals surface area contributed by atoms with E-state index in [1.165, 1.54) is 19.2 Å². The minimum Gasteiger partial charge on any atom is -0.496 e. The van der Waals surface area contributed by atoms with Crippen LogP contribution in [-0.2, 0) is 27.7 Å². The molecule has 6 nitrogen and oxygen atoms in total. The number of halogens is 3. The van der Waals surface area contributed by atoms with Gasteiger partial charge in [0.1, 0.15) is 5.75 Å². The molecule has 2 aliphatic rings. The van der Waals surface area contributed by atoms with Crippen molar-refractivity contribution in [2.45, 2.75) is 74.5 Å². The molecule has 0 spiro atoms. The highest BCUT2D eigenvalue weighted by Gasteiger charge is 2.40. The number of amides is 1. The Morgan fingerprint density at radius 1 is 1.07 bits per heavy atom. The SMILES string of the molecule is COc1ccc(S(=O)(=O)NC2CCCCC2)c2c1C[C@@H](NC(=O)C(F)(F)F)CC2. The normalized spacial score (nSPS) is 20.8. The summed E-state index contributed by atoms with van der Waals surface area (Å²) < 4.78 is 71.8. The first-order valence-electron chi connectivity index (χ1n) is 9.70. The van der Waals surface area contributed by atoms with Crippen LogP contribution in [0.4, 0.5) is 13.2 Å². The van der Waals surface area contributed by atoms with Gasteiger partial charge >= 0.3 is 12.1 Å². The Labute approximate surface area is 168 Å². The number of ether oxygens (including phenoxy) is 1. The van der Waals surface area contributed by atoms with Gasteiger partial charge in [-0.2, -0.15) is 13.2 Å². The monoisotopic (exact) mass is 434 g/mol. The van der Waals surface area contributed by atoms with E-state index in [0.717, 1.165) is 32.1 Å². The highest BCUT2D eigenvalue weighted by Crippen LogP contribution is 2.35. The van der Waals surface area contributed by atoms with Gasteiger partial charge in [0.2, 0.25) is 10.0 Å². The van der Waals surface area contributed by atoms with E-state index in [2.05, 4.69) is 4.72 Å². The zero-order valence-corrected chi connectivity index (χ0v) is 17.0. The molecule has 10 heteroatoms. The number of nitrogens with one attached hydrogen (secondary N) is 2. The fourth-order valence-electron chi connectivity index (χ4n) is 4.15. The zero-order valence-electron chi connectivity index (χ0n) is 16.1. The number of carbonyl (C=O) groups excluding carboxylic acids is 1. The number of hydrogen-bond donors (Lipinski definition) is 2. The van der Waals surface area contributed by atoms with E-state index >= 15 is 0 Å². The summed E-state index contributed by atoms with van der Waals surface area (Å²) in [5.41, 5.74) is 1.07. The Balaban J connectivity index is 1.86. The molecule has 1 aromatic carbocycles. The van der Waals surface area contributed by atoms with Crippen molar-refractivity contribution in [1.82, 2.24) is 10.0 Å². The number of rotatable bonds is 5. The molecule has 3 rings (SSSR count). The van der Waals surface area contributed by atoms with Crippen LogP contribution >= 0.6 is 0 Å². The Kier molecular flexibility index (Phi) is 6.42. The Morgan fingerprint density at radius 3 is 2.38 bits per heavy atom. The van der Waals surface area contributed by atoms with Crippen LogP contribution < -0.4 is 14.8 Å². The molecule has 1 fully saturated rings. The van der Waals surface area contributed by atoms with Gasteiger partial charge in [-0.25, -0.2) is 13.1 Å². The highest BCUT2D eigenvalue weighted by atomic mass is 32.2. The van der Waals surface area contributed by atoms with Gasteiger partial charge < -0.3 is 10.1 Å². The van der Waals surface area contributed by atoms with Crippen LogP contribution in [0.1, 0.15) is 49.7 Å². The Morgan fingerprint density at radius 2 is 1.76 bits per heavy atom. The van der Waals surface area contributed by atoms with Crippen LogP contribution in [0.2, 0.25) is 0 Å². The molecule has 0 unspecified atom stereocenters. The summed E-state index contributed by atoms with van der Waals surface area (Å²) in [6, 6.07) is 2.16. The number of hydrogen-bond acceptors (Lipinski definition) is 4. The topological polar surface area (TPSA) is 84.5 Å². The second kappa shape index (κ2) is 8.51. The Bertz CT molecular complexity index is 865. The van der Waals surface area contributed by atoms with Crippen LogP contribution in [0, 0.1) is 0 Å². The molecule has 162 valence electrons. The summed E-state index contributed by atoms with van der Waals surface area (Å²) in [4.78, 5) is 11.4. The molecule has 1 amide bonds. The number of sulfonamides is 1. The smallest absolute Gasteiger partial charge is 0.471 e. The third kappa shape index (κ3) is 5.03. The molecule has 0 bridgehead atoms. The van der Waals surface area contributed by atoms with Crippen molar-refractivity contribution in [3.8, 4) is 5.75 Å². The molecule has 0 aromatic heterocycles. The third-order valence-electron chi connectivity index (χ3n) is 5.57. The number of benzene rings is 1. The molecule has 0 heterocycles. The molecule has 0 aliphatic heterocycles. The van der Waals surface area contributed by atoms with E-state index in [1.807, 2.05) is 5.32 Å². The van der Waals surface area contributed by atoms with E-state index in [9.17, 15) is 26.4 Å². The first-order valence-corrected chi connectivity index (χ1v) is 11.2. The highest BCUT2D eigenvalue weighted by molar-refractivity contribution is 7.89. The minimum absolute atomic E-state index is 0.0765. The summed E-state index contributed by atoms with van der Waals surface area (Å²) >= 11 is 0. The van der Waals surface area contributed by atoms with Crippen molar-refractivity contribution < 1.29 is 31.1 Å². The van der Waals surface area contributed by atoms with Crippen LogP contribution in [0.25, 0.3) is 0 Å². The van der Waals surface area contributed by atoms with Crippen LogP contribution in [0.15, 0.2) is 17.0 Å². The van der Waals surface area contributed by atoms with Gasteiger partial charge in [0.25, 0.3) is 0 Å². The second-order valence-corrected chi connectivity index (χ2v) is 9.27. The molecule has 0 saturated heterocycles. The fraction of sp³-hybridized carbons (Fsp3) is 0.632. The first-order chi connectivity index (χ1) is 13.6. The van der Waals surface area contributed by atoms with E-state index in [-0.39, 0.29) is 30.2 Å². The quantitative estimate of drug-likeness (QED) is 0.747. The number of fused-ring (bicyclic) bond motifs is 1. The second-order valence-electron chi connectivity index (χ2n) is 7.59. The van der Waals surface area contributed by atoms with E-state index in [0.29, 0.717) is 16.9 Å². The van der Waals surface area contributed by atoms with Crippen molar-refractivity contribution in [2.75, 3.05) is 7.11 Å². The lowest BCUT2D eigenvalue weighted by Gasteiger charge is -2.29. The van der Waals surface area contributed by atoms with Gasteiger partial charge in [0, 0.05) is 17.6 Å². The average Bonchev–Trinajstić information content (AvgIpc) is 2.66. The standard InChI is InChI=1S/C19H25F3N2O4S/c1-28-16-9-10-17(29(26,27)24-12-5-3-2-4-6-12)14-8-7-13(11-15(14)16)23-18(25)19(20,21)22/h9-10,12-13,24H,2-8,11H2,1H3,(H,23,25)/t13-/m0/s1. The number of alkyl halides is 3. The van der Waals surface area contributed by atoms with Gasteiger partial charge in [-0.15, -0.1) is 0 Å². The van der Waals surface area contributed by atoms with Crippen LogP contribution in [0.5, 0.6) is 5.75 Å². The van der Waals surface area contributed by atoms with Crippen molar-refractivity contribution in [1.29, 1.82) is 0 Å². The summed E-state index contributed by atoms with van der Waals surface area (Å²) in [6.07, 6.45) is 0.215. The lowest BCUT2D eigenvalue weighted by atomic mass is 9.87. The summed E-state index contributed by atoms with van der Waals surface area (Å²) in [7, 11) is -2.34. The molecule has 29 heavy (non-hydrogen) atoms. The predicted molar refractivity (Wildman–Crippen MR) is 100 cm³/mol. The maximum atomic E-state index is 13.0. The van der Waals surface area contributed by atoms with Gasteiger partial charge in [-0.3, -0.25) is 4.79 Å². The molecule has 1 atom stereocenters. The number of carbonyl (C=O) groups is 1. The molecule has 2 N–H and O–H groups in total. The summed E-state index contributed by atoms with van der Waals surface area (Å²) in [5.74, 6) is -1.59. The maximum Gasteiger partial charge on any atom is 0.471 e. The van der Waals surface area contributed by atoms with Gasteiger partial charge in [0.15, 0.2) is 0 Å². The van der Waals surface area contributed by atoms with E-state index in [4.69, 9.17) is 4.74 Å². The maximum absolute atomic E-state index is 13.0. The van der Waals surface area contributed by atoms with E-state index < -0.39 is 28.1 Å². The van der Waals surface area contributed by atoms with E-state index in [1.54, 1.807) is 0 Å². The van der Waals surface area contributed by atoms with Gasteiger partial charge in [-0.05, 0) is 49.8 Å². The Hall–Kier alpha value is -1.81. The summed E-state index contributed by atoms with van der Waals surface area (Å²) in [5, 5.41) is 1.99. The average molecular weight is 434 g/mol. The largest absolute Gasteiger partial charge is 0.496 e. The zero-order chi connectivity index (χ0) is 21.2. The lowest BCUT2D eigenvalue weighted by molar-refractivity contribution is -0.174. The lowest BCUT2D eigenvalue weighted by Crippen LogP contribution is -2.45. The molecule has 0 radical (unpaired) electrons. The van der Waals surface area contributed by atoms with Gasteiger partial charge in [-0.1, -0.05) is 19.3 Å². The fourth-order valence-corrected chi connectivity index (χ4v) is 5.75. The minimum atomic E-state index is -4.96.